The molecule has 0 saturated heterocycles. The van der Waals surface area contributed by atoms with Crippen LogP contribution in [0.2, 0.25) is 10.0 Å². The van der Waals surface area contributed by atoms with Gasteiger partial charge in [0.15, 0.2) is 5.69 Å². The monoisotopic (exact) mass is 380 g/mol. The molecule has 128 valence electrons. The van der Waals surface area contributed by atoms with Gasteiger partial charge in [-0.2, -0.15) is 9.78 Å². The van der Waals surface area contributed by atoms with Gasteiger partial charge in [-0.15, -0.1) is 5.10 Å². The summed E-state index contributed by atoms with van der Waals surface area (Å²) in [5.74, 6) is -0.558. The highest BCUT2D eigenvalue weighted by Crippen LogP contribution is 2.19. The molecule has 0 radical (unpaired) electrons. The molecule has 0 aliphatic heterocycles. The molecule has 25 heavy (non-hydrogen) atoms. The highest BCUT2D eigenvalue weighted by molar-refractivity contribution is 6.36. The molecule has 0 bridgehead atoms. The van der Waals surface area contributed by atoms with Crippen molar-refractivity contribution in [3.8, 4) is 5.82 Å². The van der Waals surface area contributed by atoms with Crippen LogP contribution in [0.4, 0.5) is 5.82 Å². The number of nitrogens with two attached hydrogens (primary N) is 1. The van der Waals surface area contributed by atoms with Gasteiger partial charge in [0.05, 0.1) is 16.9 Å². The van der Waals surface area contributed by atoms with Gasteiger partial charge in [-0.3, -0.25) is 4.79 Å². The summed E-state index contributed by atoms with van der Waals surface area (Å²) in [5.41, 5.74) is 8.98. The second-order valence-corrected chi connectivity index (χ2v) is 5.62. The first-order chi connectivity index (χ1) is 12.0. The van der Waals surface area contributed by atoms with Crippen LogP contribution in [0.15, 0.2) is 27.9 Å². The first-order valence-electron chi connectivity index (χ1n) is 6.76. The van der Waals surface area contributed by atoms with E-state index >= 15 is 0 Å². The number of hydrogen-bond donors (Lipinski definition) is 2. The van der Waals surface area contributed by atoms with Crippen molar-refractivity contribution in [1.82, 2.24) is 30.7 Å². The zero-order valence-electron chi connectivity index (χ0n) is 12.6. The first kappa shape index (κ1) is 16.9. The summed E-state index contributed by atoms with van der Waals surface area (Å²) in [4.78, 5) is 12.4. The Bertz CT molecular complexity index is 965. The number of benzene rings is 1. The lowest BCUT2D eigenvalue weighted by molar-refractivity contribution is 0.0946. The fourth-order valence-corrected chi connectivity index (χ4v) is 2.38. The minimum atomic E-state index is -0.578. The molecule has 0 aliphatic rings. The standard InChI is InChI=1S/C13H10Cl2N8O2/c1-6-10(23(22-18-6)12-11(16)20-25-21-12)13(24)19-17-5-7-2-3-8(14)4-9(7)15/h2-5H,1H3,(H2,16,20)(H,19,24)/b17-5-. The quantitative estimate of drug-likeness (QED) is 0.517. The number of carbonyl (C=O) groups is 1. The van der Waals surface area contributed by atoms with Crippen molar-refractivity contribution >= 4 is 41.1 Å². The van der Waals surface area contributed by atoms with Crippen molar-refractivity contribution in [2.75, 3.05) is 5.73 Å². The van der Waals surface area contributed by atoms with E-state index in [1.165, 1.54) is 6.21 Å². The molecule has 1 amide bonds. The number of nitrogen functional groups attached to an aromatic ring is 1. The molecule has 3 N–H and O–H groups in total. The highest BCUT2D eigenvalue weighted by Gasteiger charge is 2.22. The van der Waals surface area contributed by atoms with Gasteiger partial charge in [-0.1, -0.05) is 34.5 Å². The summed E-state index contributed by atoms with van der Waals surface area (Å²) in [6, 6.07) is 4.88. The van der Waals surface area contributed by atoms with Crippen LogP contribution in [0, 0.1) is 6.92 Å². The number of carbonyl (C=O) groups excluding carboxylic acids is 1. The Hall–Kier alpha value is -2.98. The average Bonchev–Trinajstić information content (AvgIpc) is 3.14. The normalized spacial score (nSPS) is 11.2. The SMILES string of the molecule is Cc1nnn(-c2nonc2N)c1C(=O)N/N=C\c1ccc(Cl)cc1Cl. The summed E-state index contributed by atoms with van der Waals surface area (Å²) in [5, 5.41) is 19.4. The lowest BCUT2D eigenvalue weighted by atomic mass is 10.2. The first-order valence-corrected chi connectivity index (χ1v) is 7.52. The van der Waals surface area contributed by atoms with Crippen molar-refractivity contribution in [2.45, 2.75) is 6.92 Å². The van der Waals surface area contributed by atoms with Gasteiger partial charge in [-0.05, 0) is 29.4 Å². The van der Waals surface area contributed by atoms with E-state index in [1.54, 1.807) is 25.1 Å². The number of hydrazone groups is 1. The molecule has 0 saturated carbocycles. The van der Waals surface area contributed by atoms with Crippen LogP contribution in [0.3, 0.4) is 0 Å². The molecule has 1 aromatic carbocycles. The smallest absolute Gasteiger partial charge is 0.292 e. The summed E-state index contributed by atoms with van der Waals surface area (Å²) in [6.45, 7) is 1.60. The maximum absolute atomic E-state index is 12.4. The predicted octanol–water partition coefficient (Wildman–Crippen LogP) is 1.61. The number of amides is 1. The number of hydrogen-bond acceptors (Lipinski definition) is 8. The minimum absolute atomic E-state index is 0.0320. The lowest BCUT2D eigenvalue weighted by Gasteiger charge is -2.03. The van der Waals surface area contributed by atoms with Crippen molar-refractivity contribution < 1.29 is 9.42 Å². The summed E-state index contributed by atoms with van der Waals surface area (Å²) in [7, 11) is 0. The third-order valence-corrected chi connectivity index (χ3v) is 3.64. The summed E-state index contributed by atoms with van der Waals surface area (Å²) in [6.07, 6.45) is 1.38. The molecule has 12 heteroatoms. The zero-order valence-corrected chi connectivity index (χ0v) is 14.2. The van der Waals surface area contributed by atoms with E-state index in [0.29, 0.717) is 21.3 Å². The Balaban J connectivity index is 1.81. The Morgan fingerprint density at radius 3 is 2.88 bits per heavy atom. The van der Waals surface area contributed by atoms with Gasteiger partial charge in [0, 0.05) is 10.6 Å². The molecule has 2 heterocycles. The fourth-order valence-electron chi connectivity index (χ4n) is 1.92. The summed E-state index contributed by atoms with van der Waals surface area (Å²) >= 11 is 11.8. The van der Waals surface area contributed by atoms with Crippen LogP contribution >= 0.6 is 23.2 Å². The van der Waals surface area contributed by atoms with Crippen LogP contribution in [0.1, 0.15) is 21.7 Å². The van der Waals surface area contributed by atoms with Crippen molar-refractivity contribution in [3.63, 3.8) is 0 Å². The van der Waals surface area contributed by atoms with E-state index in [0.717, 1.165) is 4.68 Å². The third-order valence-electron chi connectivity index (χ3n) is 3.08. The molecule has 3 aromatic rings. The molecule has 10 nitrogen and oxygen atoms in total. The van der Waals surface area contributed by atoms with Crippen molar-refractivity contribution in [2.24, 2.45) is 5.10 Å². The van der Waals surface area contributed by atoms with Gasteiger partial charge >= 0.3 is 0 Å². The highest BCUT2D eigenvalue weighted by atomic mass is 35.5. The molecular formula is C13H10Cl2N8O2. The predicted molar refractivity (Wildman–Crippen MR) is 89.9 cm³/mol. The molecule has 0 fully saturated rings. The Kier molecular flexibility index (Phi) is 4.63. The number of aromatic nitrogens is 5. The van der Waals surface area contributed by atoms with Crippen LogP contribution < -0.4 is 11.2 Å². The van der Waals surface area contributed by atoms with Gasteiger partial charge in [-0.25, -0.2) is 10.1 Å². The van der Waals surface area contributed by atoms with Gasteiger partial charge < -0.3 is 5.73 Å². The number of nitrogens with zero attached hydrogens (tertiary/aromatic N) is 6. The number of rotatable bonds is 4. The summed E-state index contributed by atoms with van der Waals surface area (Å²) < 4.78 is 5.62. The van der Waals surface area contributed by atoms with E-state index in [9.17, 15) is 4.79 Å². The maximum Gasteiger partial charge on any atom is 0.292 e. The Morgan fingerprint density at radius 2 is 2.20 bits per heavy atom. The van der Waals surface area contributed by atoms with Gasteiger partial charge in [0.1, 0.15) is 0 Å². The minimum Gasteiger partial charge on any atom is -0.378 e. The zero-order chi connectivity index (χ0) is 18.0. The molecule has 2 aromatic heterocycles. The molecule has 3 rings (SSSR count). The van der Waals surface area contributed by atoms with Crippen molar-refractivity contribution in [3.05, 3.63) is 45.2 Å². The largest absolute Gasteiger partial charge is 0.378 e. The fraction of sp³-hybridized carbons (Fsp3) is 0.0769. The number of nitrogens with one attached hydrogen (secondary N) is 1. The number of aryl methyl sites for hydroxylation is 1. The molecule has 0 unspecified atom stereocenters. The lowest BCUT2D eigenvalue weighted by Crippen LogP contribution is -2.22. The van der Waals surface area contributed by atoms with Gasteiger partial charge in [0.25, 0.3) is 5.91 Å². The molecular weight excluding hydrogens is 371 g/mol. The third kappa shape index (κ3) is 3.44. The van der Waals surface area contributed by atoms with Crippen LogP contribution in [-0.4, -0.2) is 37.4 Å². The molecule has 0 aliphatic carbocycles. The molecule has 0 spiro atoms. The topological polar surface area (TPSA) is 137 Å². The van der Waals surface area contributed by atoms with E-state index in [1.807, 2.05) is 0 Å². The van der Waals surface area contributed by atoms with E-state index in [4.69, 9.17) is 28.9 Å². The Labute approximate surface area is 150 Å². The average molecular weight is 381 g/mol. The van der Waals surface area contributed by atoms with Gasteiger partial charge in [0.2, 0.25) is 11.6 Å². The maximum atomic E-state index is 12.4. The number of anilines is 1. The Morgan fingerprint density at radius 1 is 1.40 bits per heavy atom. The van der Waals surface area contributed by atoms with E-state index in [-0.39, 0.29) is 17.3 Å². The van der Waals surface area contributed by atoms with E-state index in [2.05, 4.69) is 35.8 Å². The van der Waals surface area contributed by atoms with Crippen LogP contribution in [-0.2, 0) is 0 Å². The van der Waals surface area contributed by atoms with E-state index < -0.39 is 5.91 Å². The molecule has 0 atom stereocenters. The van der Waals surface area contributed by atoms with Crippen molar-refractivity contribution in [1.29, 1.82) is 0 Å². The van der Waals surface area contributed by atoms with Crippen LogP contribution in [0.5, 0.6) is 0 Å². The second kappa shape index (κ2) is 6.87. The van der Waals surface area contributed by atoms with Crippen LogP contribution in [0.25, 0.3) is 5.82 Å². The second-order valence-electron chi connectivity index (χ2n) is 4.77. The number of halogens is 2.